The van der Waals surface area contributed by atoms with Crippen molar-refractivity contribution in [1.29, 1.82) is 0 Å². The third-order valence-electron chi connectivity index (χ3n) is 3.73. The number of ether oxygens (including phenoxy) is 1. The second kappa shape index (κ2) is 7.84. The number of hydrogen-bond donors (Lipinski definition) is 1. The van der Waals surface area contributed by atoms with Crippen LogP contribution in [0.1, 0.15) is 36.6 Å². The topological polar surface area (TPSA) is 21.3 Å². The molecule has 0 saturated carbocycles. The van der Waals surface area contributed by atoms with E-state index in [1.165, 1.54) is 16.7 Å². The van der Waals surface area contributed by atoms with Crippen LogP contribution in [0.5, 0.6) is 5.75 Å². The summed E-state index contributed by atoms with van der Waals surface area (Å²) >= 11 is 0. The maximum Gasteiger partial charge on any atom is 0.119 e. The first-order valence-electron chi connectivity index (χ1n) is 7.75. The van der Waals surface area contributed by atoms with Crippen LogP contribution in [0.4, 0.5) is 0 Å². The molecular formula is C19H25NO. The van der Waals surface area contributed by atoms with Crippen molar-refractivity contribution in [2.75, 3.05) is 13.2 Å². The molecule has 0 fully saturated rings. The molecule has 2 aromatic carbocycles. The van der Waals surface area contributed by atoms with Gasteiger partial charge in [-0.25, -0.2) is 0 Å². The molecule has 112 valence electrons. The summed E-state index contributed by atoms with van der Waals surface area (Å²) in [6.45, 7) is 8.01. The van der Waals surface area contributed by atoms with Gasteiger partial charge in [-0.1, -0.05) is 43.3 Å². The van der Waals surface area contributed by atoms with Gasteiger partial charge in [0.25, 0.3) is 0 Å². The first-order chi connectivity index (χ1) is 10.2. The largest absolute Gasteiger partial charge is 0.494 e. The van der Waals surface area contributed by atoms with E-state index in [-0.39, 0.29) is 0 Å². The fraction of sp³-hybridized carbons (Fsp3) is 0.368. The lowest BCUT2D eigenvalue weighted by molar-refractivity contribution is 0.340. The molecule has 0 heterocycles. The lowest BCUT2D eigenvalue weighted by atomic mass is 9.96. The van der Waals surface area contributed by atoms with Gasteiger partial charge in [0.1, 0.15) is 5.75 Å². The van der Waals surface area contributed by atoms with Crippen molar-refractivity contribution >= 4 is 0 Å². The Bertz CT molecular complexity index is 548. The normalized spacial score (nSPS) is 12.1. The number of likely N-dealkylation sites (N-methyl/N-ethyl adjacent to an activating group) is 1. The molecular weight excluding hydrogens is 258 g/mol. The molecule has 1 N–H and O–H groups in total. The van der Waals surface area contributed by atoms with Crippen molar-refractivity contribution in [3.8, 4) is 5.75 Å². The van der Waals surface area contributed by atoms with Crippen LogP contribution in [0.3, 0.4) is 0 Å². The molecule has 0 saturated heterocycles. The highest BCUT2D eigenvalue weighted by Gasteiger charge is 2.12. The third-order valence-corrected chi connectivity index (χ3v) is 3.73. The van der Waals surface area contributed by atoms with Gasteiger partial charge in [-0.3, -0.25) is 0 Å². The zero-order chi connectivity index (χ0) is 15.1. The number of aryl methyl sites for hydroxylation is 1. The Balaban J connectivity index is 2.16. The molecule has 21 heavy (non-hydrogen) atoms. The maximum atomic E-state index is 5.52. The molecule has 0 spiro atoms. The zero-order valence-corrected chi connectivity index (χ0v) is 13.2. The minimum absolute atomic E-state index is 0.340. The van der Waals surface area contributed by atoms with Gasteiger partial charge in [-0.15, -0.1) is 0 Å². The first-order valence-corrected chi connectivity index (χ1v) is 7.75. The summed E-state index contributed by atoms with van der Waals surface area (Å²) in [7, 11) is 0. The van der Waals surface area contributed by atoms with E-state index in [1.54, 1.807) is 0 Å². The molecule has 0 aliphatic heterocycles. The number of rotatable bonds is 7. The maximum absolute atomic E-state index is 5.52. The lowest BCUT2D eigenvalue weighted by Crippen LogP contribution is -2.23. The zero-order valence-electron chi connectivity index (χ0n) is 13.2. The fourth-order valence-corrected chi connectivity index (χ4v) is 2.58. The van der Waals surface area contributed by atoms with Crippen molar-refractivity contribution in [1.82, 2.24) is 5.32 Å². The molecule has 2 rings (SSSR count). The van der Waals surface area contributed by atoms with E-state index in [9.17, 15) is 0 Å². The average molecular weight is 283 g/mol. The second-order valence-electron chi connectivity index (χ2n) is 5.24. The van der Waals surface area contributed by atoms with E-state index in [1.807, 2.05) is 6.92 Å². The second-order valence-corrected chi connectivity index (χ2v) is 5.24. The van der Waals surface area contributed by atoms with E-state index in [0.29, 0.717) is 12.6 Å². The summed E-state index contributed by atoms with van der Waals surface area (Å²) in [5.41, 5.74) is 4.06. The molecule has 0 bridgehead atoms. The van der Waals surface area contributed by atoms with Crippen LogP contribution < -0.4 is 10.1 Å². The molecule has 0 aliphatic rings. The van der Waals surface area contributed by atoms with Crippen molar-refractivity contribution in [3.05, 3.63) is 65.2 Å². The summed E-state index contributed by atoms with van der Waals surface area (Å²) < 4.78 is 5.52. The molecule has 0 aliphatic carbocycles. The predicted octanol–water partition coefficient (Wildman–Crippen LogP) is 4.29. The Kier molecular flexibility index (Phi) is 5.82. The van der Waals surface area contributed by atoms with Crippen molar-refractivity contribution in [3.63, 3.8) is 0 Å². The summed E-state index contributed by atoms with van der Waals surface area (Å²) in [5, 5.41) is 3.59. The summed E-state index contributed by atoms with van der Waals surface area (Å²) in [6, 6.07) is 17.4. The van der Waals surface area contributed by atoms with Crippen LogP contribution in [-0.2, 0) is 6.42 Å². The highest BCUT2D eigenvalue weighted by atomic mass is 16.5. The van der Waals surface area contributed by atoms with E-state index in [4.69, 9.17) is 4.74 Å². The highest BCUT2D eigenvalue weighted by molar-refractivity contribution is 5.32. The van der Waals surface area contributed by atoms with Crippen LogP contribution in [-0.4, -0.2) is 13.2 Å². The molecule has 0 radical (unpaired) electrons. The van der Waals surface area contributed by atoms with Crippen LogP contribution in [0, 0.1) is 6.92 Å². The smallest absolute Gasteiger partial charge is 0.119 e. The number of hydrogen-bond acceptors (Lipinski definition) is 2. The van der Waals surface area contributed by atoms with Gasteiger partial charge in [0.2, 0.25) is 0 Å². The quantitative estimate of drug-likeness (QED) is 0.818. The standard InChI is InChI=1S/C19H25NO/c1-4-20-19(14-17-9-7-6-8-15(17)3)16-10-12-18(13-11-16)21-5-2/h6-13,19-20H,4-5,14H2,1-3H3. The summed E-state index contributed by atoms with van der Waals surface area (Å²) in [5.74, 6) is 0.937. The Hall–Kier alpha value is -1.80. The van der Waals surface area contributed by atoms with Crippen molar-refractivity contribution < 1.29 is 4.74 Å². The van der Waals surface area contributed by atoms with E-state index in [2.05, 4.69) is 67.7 Å². The predicted molar refractivity (Wildman–Crippen MR) is 88.9 cm³/mol. The molecule has 1 unspecified atom stereocenters. The minimum Gasteiger partial charge on any atom is -0.494 e. The monoisotopic (exact) mass is 283 g/mol. The summed E-state index contributed by atoms with van der Waals surface area (Å²) in [6.07, 6.45) is 1.01. The fourth-order valence-electron chi connectivity index (χ4n) is 2.58. The Morgan fingerprint density at radius 2 is 1.71 bits per heavy atom. The third kappa shape index (κ3) is 4.33. The average Bonchev–Trinajstić information content (AvgIpc) is 2.50. The number of nitrogens with one attached hydrogen (secondary N) is 1. The molecule has 2 nitrogen and oxygen atoms in total. The van der Waals surface area contributed by atoms with E-state index < -0.39 is 0 Å². The van der Waals surface area contributed by atoms with Crippen molar-refractivity contribution in [2.45, 2.75) is 33.2 Å². The Labute approximate surface area is 128 Å². The van der Waals surface area contributed by atoms with Gasteiger partial charge in [0, 0.05) is 6.04 Å². The molecule has 0 aromatic heterocycles. The van der Waals surface area contributed by atoms with E-state index in [0.717, 1.165) is 18.7 Å². The van der Waals surface area contributed by atoms with Crippen molar-refractivity contribution in [2.24, 2.45) is 0 Å². The number of benzene rings is 2. The molecule has 0 amide bonds. The van der Waals surface area contributed by atoms with Crippen LogP contribution in [0.2, 0.25) is 0 Å². The Morgan fingerprint density at radius 1 is 1.00 bits per heavy atom. The van der Waals surface area contributed by atoms with Crippen LogP contribution >= 0.6 is 0 Å². The summed E-state index contributed by atoms with van der Waals surface area (Å²) in [4.78, 5) is 0. The van der Waals surface area contributed by atoms with Gasteiger partial charge < -0.3 is 10.1 Å². The van der Waals surface area contributed by atoms with Gasteiger partial charge in [-0.2, -0.15) is 0 Å². The van der Waals surface area contributed by atoms with Crippen LogP contribution in [0.25, 0.3) is 0 Å². The lowest BCUT2D eigenvalue weighted by Gasteiger charge is -2.20. The van der Waals surface area contributed by atoms with Gasteiger partial charge in [0.05, 0.1) is 6.61 Å². The SMILES string of the molecule is CCNC(Cc1ccccc1C)c1ccc(OCC)cc1. The van der Waals surface area contributed by atoms with Gasteiger partial charge in [-0.05, 0) is 55.6 Å². The van der Waals surface area contributed by atoms with Gasteiger partial charge >= 0.3 is 0 Å². The first kappa shape index (κ1) is 15.6. The minimum atomic E-state index is 0.340. The molecule has 2 aromatic rings. The molecule has 2 heteroatoms. The highest BCUT2D eigenvalue weighted by Crippen LogP contribution is 2.22. The molecule has 1 atom stereocenters. The Morgan fingerprint density at radius 3 is 2.33 bits per heavy atom. The van der Waals surface area contributed by atoms with Gasteiger partial charge in [0.15, 0.2) is 0 Å². The van der Waals surface area contributed by atoms with Crippen LogP contribution in [0.15, 0.2) is 48.5 Å². The van der Waals surface area contributed by atoms with E-state index >= 15 is 0 Å².